The van der Waals surface area contributed by atoms with Gasteiger partial charge in [-0.15, -0.1) is 11.3 Å². The van der Waals surface area contributed by atoms with Crippen molar-refractivity contribution in [3.63, 3.8) is 0 Å². The maximum absolute atomic E-state index is 14.0. The average molecular weight is 1000 g/mol. The number of methoxy groups -OCH3 is 1. The highest BCUT2D eigenvalue weighted by molar-refractivity contribution is 7.13. The Kier molecular flexibility index (Phi) is 18.8. The lowest BCUT2D eigenvalue weighted by atomic mass is 9.85. The van der Waals surface area contributed by atoms with E-state index >= 15 is 0 Å². The molecule has 8 N–H and O–H groups in total. The zero-order valence-corrected chi connectivity index (χ0v) is 42.6. The number of β-amino-alcohol motifs (C(OH)–C–C–N with tert-alkyl or cyclic N) is 1. The lowest BCUT2D eigenvalue weighted by Crippen LogP contribution is -2.57. The second kappa shape index (κ2) is 25.1. The Labute approximate surface area is 423 Å². The number of unbranched alkanes of at least 4 members (excludes halogenated alkanes) is 4. The molecule has 0 radical (unpaired) electrons. The van der Waals surface area contributed by atoms with E-state index in [0.717, 1.165) is 47.4 Å². The molecule has 0 saturated carbocycles. The molecule has 0 spiro atoms. The second-order valence-electron chi connectivity index (χ2n) is 18.6. The van der Waals surface area contributed by atoms with E-state index in [2.05, 4.69) is 52.2 Å². The molecule has 2 aromatic carbocycles. The molecule has 1 aliphatic rings. The van der Waals surface area contributed by atoms with Gasteiger partial charge in [0.25, 0.3) is 17.7 Å². The molecule has 1 saturated heterocycles. The number of hydrogen-bond donors (Lipinski definition) is 8. The van der Waals surface area contributed by atoms with Crippen LogP contribution in [0, 0.1) is 12.3 Å². The molecule has 3 aromatic heterocycles. The summed E-state index contributed by atoms with van der Waals surface area (Å²) in [5.74, 6) is -0.973. The number of para-hydroxylation sites is 1. The lowest BCUT2D eigenvalue weighted by Gasteiger charge is -2.35. The number of nitrogens with zero attached hydrogens (tertiary/aromatic N) is 4. The van der Waals surface area contributed by atoms with Gasteiger partial charge in [0, 0.05) is 65.0 Å². The van der Waals surface area contributed by atoms with Gasteiger partial charge in [-0.3, -0.25) is 28.8 Å². The molecule has 19 nitrogen and oxygen atoms in total. The lowest BCUT2D eigenvalue weighted by molar-refractivity contribution is -0.144. The maximum atomic E-state index is 14.0. The molecule has 72 heavy (non-hydrogen) atoms. The van der Waals surface area contributed by atoms with Gasteiger partial charge in [0.05, 0.1) is 57.4 Å². The first-order valence-electron chi connectivity index (χ1n) is 24.0. The van der Waals surface area contributed by atoms with E-state index in [4.69, 9.17) is 4.74 Å². The van der Waals surface area contributed by atoms with Crippen LogP contribution in [-0.2, 0) is 20.9 Å². The van der Waals surface area contributed by atoms with Gasteiger partial charge in [-0.25, -0.2) is 15.0 Å². The predicted molar refractivity (Wildman–Crippen MR) is 276 cm³/mol. The molecule has 20 heteroatoms. The highest BCUT2D eigenvalue weighted by Gasteiger charge is 2.44. The molecule has 1 fully saturated rings. The van der Waals surface area contributed by atoms with Crippen LogP contribution >= 0.6 is 11.3 Å². The first-order valence-corrected chi connectivity index (χ1v) is 24.8. The molecule has 6 rings (SSSR count). The number of aliphatic hydroxyl groups excluding tert-OH is 1. The number of ether oxygens (including phenoxy) is 1. The van der Waals surface area contributed by atoms with Gasteiger partial charge in [0.1, 0.15) is 23.7 Å². The van der Waals surface area contributed by atoms with Gasteiger partial charge in [0.15, 0.2) is 5.75 Å². The number of amides is 6. The van der Waals surface area contributed by atoms with Crippen molar-refractivity contribution in [2.45, 2.75) is 97.4 Å². The largest absolute Gasteiger partial charge is 0.494 e. The van der Waals surface area contributed by atoms with Gasteiger partial charge >= 0.3 is 0 Å². The third-order valence-electron chi connectivity index (χ3n) is 12.2. The predicted octanol–water partition coefficient (Wildman–Crippen LogP) is 6.00. The molecule has 0 aliphatic carbocycles. The summed E-state index contributed by atoms with van der Waals surface area (Å²) in [6.45, 7) is 8.25. The van der Waals surface area contributed by atoms with E-state index in [1.807, 2.05) is 57.5 Å². The first-order chi connectivity index (χ1) is 34.5. The maximum Gasteiger partial charge on any atom is 0.254 e. The number of pyridine rings is 2. The minimum atomic E-state index is -0.903. The van der Waals surface area contributed by atoms with Crippen LogP contribution in [0.4, 0.5) is 23.0 Å². The van der Waals surface area contributed by atoms with Gasteiger partial charge in [-0.05, 0) is 60.6 Å². The molecule has 4 heterocycles. The van der Waals surface area contributed by atoms with E-state index in [0.29, 0.717) is 52.9 Å². The standard InChI is InChI=1S/C52H65N11O8S/c1-31-45(72-30-59-31)33-19-17-32(18-20-33)26-58-50(69)40-24-35(64)29-63(40)51(70)46(52(2,3)4)62-43(65)16-11-9-8-10-12-23-55-47(66)34-21-22-41(56-27-34)61-42-25-39(37(28-57-42)49(68)54-6)60-38-15-13-14-36(44(38)71-7)48(67)53-5/h13-15,17-22,25,27-28,30,35,40,46,64H,8-12,16,23-24,26,29H2,1-7H3,(H,53,67)(H,54,68)(H,55,66)(H,58,69)(H,62,65)(H2,56,57,60,61)/t35-,40+,46-/m1/s1. The van der Waals surface area contributed by atoms with Crippen molar-refractivity contribution in [1.29, 1.82) is 0 Å². The van der Waals surface area contributed by atoms with Crippen LogP contribution in [0.2, 0.25) is 0 Å². The molecule has 0 unspecified atom stereocenters. The van der Waals surface area contributed by atoms with Crippen molar-refractivity contribution in [3.8, 4) is 16.2 Å². The molecule has 0 bridgehead atoms. The summed E-state index contributed by atoms with van der Waals surface area (Å²) < 4.78 is 5.54. The molecule has 1 aliphatic heterocycles. The van der Waals surface area contributed by atoms with Gasteiger partial charge in [-0.2, -0.15) is 0 Å². The molecule has 3 atom stereocenters. The smallest absolute Gasteiger partial charge is 0.254 e. The van der Waals surface area contributed by atoms with E-state index < -0.39 is 29.5 Å². The van der Waals surface area contributed by atoms with Crippen LogP contribution in [0.3, 0.4) is 0 Å². The number of carbonyl (C=O) groups is 6. The van der Waals surface area contributed by atoms with Gasteiger partial charge in [0.2, 0.25) is 17.7 Å². The number of carbonyl (C=O) groups excluding carboxylic acids is 6. The fraction of sp³-hybridized carbons (Fsp3) is 0.404. The number of aromatic nitrogens is 3. The van der Waals surface area contributed by atoms with Crippen LogP contribution in [0.25, 0.3) is 10.4 Å². The average Bonchev–Trinajstić information content (AvgIpc) is 3.99. The fourth-order valence-corrected chi connectivity index (χ4v) is 9.06. The number of hydrogen-bond acceptors (Lipinski definition) is 14. The van der Waals surface area contributed by atoms with Crippen LogP contribution in [-0.4, -0.2) is 113 Å². The third kappa shape index (κ3) is 14.1. The topological polar surface area (TPSA) is 258 Å². The highest BCUT2D eigenvalue weighted by atomic mass is 32.1. The minimum Gasteiger partial charge on any atom is -0.494 e. The van der Waals surface area contributed by atoms with E-state index in [-0.39, 0.29) is 61.0 Å². The normalized spacial score (nSPS) is 14.7. The molecule has 6 amide bonds. The van der Waals surface area contributed by atoms with Crippen molar-refractivity contribution >= 4 is 69.8 Å². The number of nitrogens with one attached hydrogen (secondary N) is 7. The third-order valence-corrected chi connectivity index (χ3v) is 13.2. The van der Waals surface area contributed by atoms with Crippen LogP contribution in [0.5, 0.6) is 5.75 Å². The van der Waals surface area contributed by atoms with Crippen molar-refractivity contribution in [1.82, 2.24) is 46.4 Å². The highest BCUT2D eigenvalue weighted by Crippen LogP contribution is 2.34. The van der Waals surface area contributed by atoms with Crippen LogP contribution in [0.1, 0.15) is 108 Å². The van der Waals surface area contributed by atoms with Crippen molar-refractivity contribution in [3.05, 3.63) is 107 Å². The monoisotopic (exact) mass is 1000 g/mol. The van der Waals surface area contributed by atoms with Crippen LogP contribution < -0.4 is 42.0 Å². The number of thiazole rings is 1. The number of aryl methyl sites for hydroxylation is 1. The summed E-state index contributed by atoms with van der Waals surface area (Å²) in [6.07, 6.45) is 6.12. The molecule has 5 aromatic rings. The SMILES string of the molecule is CNC(=O)c1cnc(Nc2ccc(C(=O)NCCCCCCCC(=O)N[C@H](C(=O)N3C[C@H](O)C[C@H]3C(=O)NCc3ccc(-c4scnc4C)cc3)C(C)(C)C)cn2)cc1Nc1cccc(C(=O)NC)c1OC. The summed E-state index contributed by atoms with van der Waals surface area (Å²) in [5.41, 5.74) is 5.81. The fourth-order valence-electron chi connectivity index (χ4n) is 8.25. The summed E-state index contributed by atoms with van der Waals surface area (Å²) in [5, 5.41) is 30.9. The number of benzene rings is 2. The van der Waals surface area contributed by atoms with Gasteiger partial charge < -0.3 is 52.0 Å². The van der Waals surface area contributed by atoms with Crippen LogP contribution in [0.15, 0.2) is 78.6 Å². The summed E-state index contributed by atoms with van der Waals surface area (Å²) in [4.78, 5) is 94.4. The van der Waals surface area contributed by atoms with E-state index in [1.54, 1.807) is 47.7 Å². The Morgan fingerprint density at radius 3 is 2.18 bits per heavy atom. The Morgan fingerprint density at radius 2 is 1.51 bits per heavy atom. The Balaban J connectivity index is 0.910. The van der Waals surface area contributed by atoms with E-state index in [9.17, 15) is 33.9 Å². The van der Waals surface area contributed by atoms with Crippen molar-refractivity contribution in [2.75, 3.05) is 44.9 Å². The van der Waals surface area contributed by atoms with Gasteiger partial charge in [-0.1, -0.05) is 70.4 Å². The Morgan fingerprint density at radius 1 is 0.806 bits per heavy atom. The quantitative estimate of drug-likeness (QED) is 0.0371. The summed E-state index contributed by atoms with van der Waals surface area (Å²) >= 11 is 1.57. The van der Waals surface area contributed by atoms with Crippen molar-refractivity contribution < 1.29 is 38.6 Å². The number of aliphatic hydroxyl groups is 1. The number of anilines is 4. The summed E-state index contributed by atoms with van der Waals surface area (Å²) in [7, 11) is 4.48. The molecular formula is C52H65N11O8S. The zero-order valence-electron chi connectivity index (χ0n) is 41.8. The Hall–Kier alpha value is -7.45. The zero-order chi connectivity index (χ0) is 52.0. The second-order valence-corrected chi connectivity index (χ2v) is 19.4. The molecular weight excluding hydrogens is 939 g/mol. The minimum absolute atomic E-state index is 0.00193. The Bertz CT molecular complexity index is 2710. The first kappa shape index (κ1) is 53.9. The number of likely N-dealkylation sites (tertiary alicyclic amines) is 1. The molecule has 382 valence electrons. The summed E-state index contributed by atoms with van der Waals surface area (Å²) in [6, 6.07) is 16.0. The van der Waals surface area contributed by atoms with E-state index in [1.165, 1.54) is 38.5 Å². The van der Waals surface area contributed by atoms with Crippen molar-refractivity contribution in [2.24, 2.45) is 5.41 Å². The number of rotatable bonds is 22.